The van der Waals surface area contributed by atoms with Gasteiger partial charge in [0.15, 0.2) is 11.5 Å². The third-order valence-electron chi connectivity index (χ3n) is 6.04. The van der Waals surface area contributed by atoms with Crippen LogP contribution >= 0.6 is 0 Å². The number of hydrogen-bond acceptors (Lipinski definition) is 5. The van der Waals surface area contributed by atoms with Crippen molar-refractivity contribution in [2.45, 2.75) is 38.8 Å². The van der Waals surface area contributed by atoms with E-state index in [4.69, 9.17) is 9.47 Å². The van der Waals surface area contributed by atoms with E-state index in [9.17, 15) is 9.59 Å². The first-order valence-electron chi connectivity index (χ1n) is 11.1. The van der Waals surface area contributed by atoms with Crippen molar-refractivity contribution in [2.24, 2.45) is 0 Å². The topological polar surface area (TPSA) is 85.7 Å². The number of hydrogen-bond donors (Lipinski definition) is 1. The summed E-state index contributed by atoms with van der Waals surface area (Å²) >= 11 is 0. The van der Waals surface area contributed by atoms with Crippen LogP contribution in [0.15, 0.2) is 42.6 Å². The first-order chi connectivity index (χ1) is 15.7. The highest BCUT2D eigenvalue weighted by molar-refractivity contribution is 5.98. The number of rotatable bonds is 5. The van der Waals surface area contributed by atoms with Gasteiger partial charge in [-0.1, -0.05) is 18.9 Å². The third-order valence-corrected chi connectivity index (χ3v) is 6.04. The zero-order valence-electron chi connectivity index (χ0n) is 17.9. The highest BCUT2D eigenvalue weighted by Crippen LogP contribution is 2.32. The molecule has 8 nitrogen and oxygen atoms in total. The van der Waals surface area contributed by atoms with Gasteiger partial charge in [-0.2, -0.15) is 5.10 Å². The molecule has 0 radical (unpaired) electrons. The summed E-state index contributed by atoms with van der Waals surface area (Å²) in [6.45, 7) is 2.48. The van der Waals surface area contributed by atoms with Gasteiger partial charge in [0.25, 0.3) is 5.91 Å². The van der Waals surface area contributed by atoms with E-state index in [2.05, 4.69) is 10.4 Å². The number of fused-ring (bicyclic) bond motifs is 2. The van der Waals surface area contributed by atoms with Crippen molar-refractivity contribution in [3.63, 3.8) is 0 Å². The van der Waals surface area contributed by atoms with Crippen LogP contribution in [0.25, 0.3) is 10.9 Å². The Bertz CT molecular complexity index is 1150. The Labute approximate surface area is 186 Å². The largest absolute Gasteiger partial charge is 0.454 e. The number of ether oxygens (including phenoxy) is 2. The van der Waals surface area contributed by atoms with Crippen LogP contribution in [0.5, 0.6) is 11.5 Å². The number of nitrogens with one attached hydrogen (secondary N) is 1. The quantitative estimate of drug-likeness (QED) is 0.667. The van der Waals surface area contributed by atoms with Crippen LogP contribution < -0.4 is 14.8 Å². The zero-order valence-corrected chi connectivity index (χ0v) is 17.9. The number of amides is 2. The Morgan fingerprint density at radius 3 is 2.62 bits per heavy atom. The Balaban J connectivity index is 1.24. The van der Waals surface area contributed by atoms with E-state index in [1.807, 2.05) is 35.2 Å². The maximum atomic E-state index is 12.7. The van der Waals surface area contributed by atoms with E-state index in [1.165, 1.54) is 12.8 Å². The molecule has 1 aromatic heterocycles. The average molecular weight is 434 g/mol. The van der Waals surface area contributed by atoms with Crippen LogP contribution in [0.4, 0.5) is 0 Å². The van der Waals surface area contributed by atoms with Crippen molar-refractivity contribution in [2.75, 3.05) is 19.9 Å². The van der Waals surface area contributed by atoms with Gasteiger partial charge in [0.2, 0.25) is 12.7 Å². The summed E-state index contributed by atoms with van der Waals surface area (Å²) in [6, 6.07) is 11.1. The van der Waals surface area contributed by atoms with Gasteiger partial charge < -0.3 is 19.7 Å². The minimum atomic E-state index is -0.169. The second-order valence-electron chi connectivity index (χ2n) is 8.24. The molecule has 0 unspecified atom stereocenters. The summed E-state index contributed by atoms with van der Waals surface area (Å²) in [7, 11) is 0. The molecule has 1 fully saturated rings. The maximum absolute atomic E-state index is 12.7. The van der Waals surface area contributed by atoms with E-state index < -0.39 is 0 Å². The molecule has 2 aromatic carbocycles. The molecule has 2 aliphatic heterocycles. The Kier molecular flexibility index (Phi) is 5.66. The molecule has 32 heavy (non-hydrogen) atoms. The Morgan fingerprint density at radius 2 is 1.78 bits per heavy atom. The minimum absolute atomic E-state index is 0.0995. The predicted molar refractivity (Wildman–Crippen MR) is 119 cm³/mol. The highest BCUT2D eigenvalue weighted by atomic mass is 16.7. The molecule has 3 heterocycles. The number of carbonyl (C=O) groups excluding carboxylic acids is 2. The number of benzene rings is 2. The van der Waals surface area contributed by atoms with E-state index in [1.54, 1.807) is 16.9 Å². The fraction of sp³-hybridized carbons (Fsp3) is 0.375. The van der Waals surface area contributed by atoms with Gasteiger partial charge in [-0.15, -0.1) is 0 Å². The van der Waals surface area contributed by atoms with Crippen molar-refractivity contribution in [3.05, 3.63) is 53.7 Å². The molecule has 8 heteroatoms. The first-order valence-corrected chi connectivity index (χ1v) is 11.1. The Morgan fingerprint density at radius 1 is 0.969 bits per heavy atom. The molecule has 1 saturated heterocycles. The van der Waals surface area contributed by atoms with E-state index in [-0.39, 0.29) is 25.2 Å². The lowest BCUT2D eigenvalue weighted by Crippen LogP contribution is -2.34. The van der Waals surface area contributed by atoms with Crippen molar-refractivity contribution < 1.29 is 19.1 Å². The van der Waals surface area contributed by atoms with Gasteiger partial charge in [0, 0.05) is 30.6 Å². The summed E-state index contributed by atoms with van der Waals surface area (Å²) in [6.07, 6.45) is 6.22. The summed E-state index contributed by atoms with van der Waals surface area (Å²) in [4.78, 5) is 27.3. The monoisotopic (exact) mass is 434 g/mol. The van der Waals surface area contributed by atoms with Gasteiger partial charge >= 0.3 is 0 Å². The van der Waals surface area contributed by atoms with Gasteiger partial charge in [-0.05, 0) is 48.7 Å². The number of carbonyl (C=O) groups is 2. The summed E-state index contributed by atoms with van der Waals surface area (Å²) in [5, 5.41) is 8.17. The zero-order chi connectivity index (χ0) is 21.9. The second kappa shape index (κ2) is 8.90. The van der Waals surface area contributed by atoms with Gasteiger partial charge in [-0.25, -0.2) is 0 Å². The Hall–Kier alpha value is -3.55. The fourth-order valence-electron chi connectivity index (χ4n) is 4.24. The van der Waals surface area contributed by atoms with Gasteiger partial charge in [-0.3, -0.25) is 14.3 Å². The number of nitrogens with zero attached hydrogens (tertiary/aromatic N) is 3. The van der Waals surface area contributed by atoms with E-state index in [0.29, 0.717) is 17.9 Å². The highest BCUT2D eigenvalue weighted by Gasteiger charge is 2.18. The molecule has 0 saturated carbocycles. The predicted octanol–water partition coefficient (Wildman–Crippen LogP) is 3.10. The molecule has 2 aliphatic rings. The van der Waals surface area contributed by atoms with Crippen molar-refractivity contribution >= 4 is 22.7 Å². The normalized spacial score (nSPS) is 15.6. The summed E-state index contributed by atoms with van der Waals surface area (Å²) in [5.74, 6) is 1.34. The standard InChI is InChI=1S/C24H26N4O4/c29-23(27-9-3-1-2-4-10-27)15-28-20-7-6-18(12-19(20)14-26-28)24(30)25-13-17-5-8-21-22(11-17)32-16-31-21/h5-8,11-12,14H,1-4,9-10,13,15-16H2,(H,25,30). The molecule has 0 atom stereocenters. The lowest BCUT2D eigenvalue weighted by molar-refractivity contribution is -0.131. The van der Waals surface area contributed by atoms with Crippen LogP contribution in [0.1, 0.15) is 41.6 Å². The molecule has 5 rings (SSSR count). The summed E-state index contributed by atoms with van der Waals surface area (Å²) < 4.78 is 12.4. The average Bonchev–Trinajstić information content (AvgIpc) is 3.34. The number of likely N-dealkylation sites (tertiary alicyclic amines) is 1. The van der Waals surface area contributed by atoms with Crippen LogP contribution in [0.2, 0.25) is 0 Å². The van der Waals surface area contributed by atoms with Crippen LogP contribution in [-0.2, 0) is 17.9 Å². The maximum Gasteiger partial charge on any atom is 0.251 e. The molecule has 3 aromatic rings. The molecule has 2 amide bonds. The second-order valence-corrected chi connectivity index (χ2v) is 8.24. The fourth-order valence-corrected chi connectivity index (χ4v) is 4.24. The third kappa shape index (κ3) is 4.26. The van der Waals surface area contributed by atoms with Gasteiger partial charge in [0.1, 0.15) is 6.54 Å². The van der Waals surface area contributed by atoms with Crippen molar-refractivity contribution in [1.82, 2.24) is 20.0 Å². The molecule has 166 valence electrons. The van der Waals surface area contributed by atoms with Crippen molar-refractivity contribution in [3.8, 4) is 11.5 Å². The van der Waals surface area contributed by atoms with Crippen LogP contribution in [-0.4, -0.2) is 46.4 Å². The molecule has 1 N–H and O–H groups in total. The van der Waals surface area contributed by atoms with E-state index in [0.717, 1.165) is 48.1 Å². The van der Waals surface area contributed by atoms with Crippen molar-refractivity contribution in [1.29, 1.82) is 0 Å². The molecular weight excluding hydrogens is 408 g/mol. The lowest BCUT2D eigenvalue weighted by Gasteiger charge is -2.20. The van der Waals surface area contributed by atoms with Crippen LogP contribution in [0.3, 0.4) is 0 Å². The van der Waals surface area contributed by atoms with Gasteiger partial charge in [0.05, 0.1) is 11.7 Å². The smallest absolute Gasteiger partial charge is 0.251 e. The molecule has 0 aliphatic carbocycles. The summed E-state index contributed by atoms with van der Waals surface area (Å²) in [5.41, 5.74) is 2.33. The molecule has 0 spiro atoms. The minimum Gasteiger partial charge on any atom is -0.454 e. The molecular formula is C24H26N4O4. The van der Waals surface area contributed by atoms with Crippen LogP contribution in [0, 0.1) is 0 Å². The first kappa shape index (κ1) is 20.4. The molecule has 0 bridgehead atoms. The SMILES string of the molecule is O=C(NCc1ccc2c(c1)OCO2)c1ccc2c(cnn2CC(=O)N2CCCCCC2)c1. The van der Waals surface area contributed by atoms with E-state index >= 15 is 0 Å². The number of aromatic nitrogens is 2. The lowest BCUT2D eigenvalue weighted by atomic mass is 10.1.